The average molecular weight is 485 g/mol. The number of fused-ring (bicyclic) bond motifs is 1. The van der Waals surface area contributed by atoms with E-state index in [0.717, 1.165) is 24.6 Å². The van der Waals surface area contributed by atoms with Gasteiger partial charge in [-0.2, -0.15) is 5.26 Å². The zero-order valence-corrected chi connectivity index (χ0v) is 20.1. The first-order valence-corrected chi connectivity index (χ1v) is 11.7. The Morgan fingerprint density at radius 1 is 1.31 bits per heavy atom. The molecule has 0 radical (unpaired) electrons. The van der Waals surface area contributed by atoms with E-state index >= 15 is 0 Å². The monoisotopic (exact) mass is 484 g/mol. The molecule has 0 unspecified atom stereocenters. The molecule has 2 aromatic rings. The van der Waals surface area contributed by atoms with Crippen molar-refractivity contribution in [2.45, 2.75) is 45.1 Å². The number of nitrogens with one attached hydrogen (secondary N) is 1. The third-order valence-electron chi connectivity index (χ3n) is 6.35. The van der Waals surface area contributed by atoms with Gasteiger partial charge < -0.3 is 25.6 Å². The van der Waals surface area contributed by atoms with Gasteiger partial charge in [0.05, 0.1) is 24.1 Å². The van der Waals surface area contributed by atoms with Crippen LogP contribution in [0.15, 0.2) is 18.6 Å². The van der Waals surface area contributed by atoms with E-state index in [4.69, 9.17) is 11.0 Å². The summed E-state index contributed by atoms with van der Waals surface area (Å²) in [5, 5.41) is 12.5. The summed E-state index contributed by atoms with van der Waals surface area (Å²) in [5.41, 5.74) is 5.42. The summed E-state index contributed by atoms with van der Waals surface area (Å²) in [6.07, 6.45) is 5.21. The van der Waals surface area contributed by atoms with Crippen molar-refractivity contribution < 1.29 is 19.1 Å². The SMILES string of the molecule is C[C@@H]1CCN(C(=O)CC#N)C[C@@H]1N(C)c1ncnc2c1ccn2C(=O)NCCCCCOC(N)=O. The number of carbonyl (C=O) groups is 3. The Morgan fingerprint density at radius 2 is 2.11 bits per heavy atom. The van der Waals surface area contributed by atoms with Crippen LogP contribution in [-0.4, -0.2) is 76.8 Å². The van der Waals surface area contributed by atoms with Gasteiger partial charge in [-0.15, -0.1) is 0 Å². The van der Waals surface area contributed by atoms with Crippen LogP contribution in [0.2, 0.25) is 0 Å². The van der Waals surface area contributed by atoms with Crippen molar-refractivity contribution in [3.8, 4) is 6.07 Å². The van der Waals surface area contributed by atoms with Crippen LogP contribution in [0.5, 0.6) is 0 Å². The van der Waals surface area contributed by atoms with E-state index in [-0.39, 0.29) is 31.0 Å². The van der Waals surface area contributed by atoms with Crippen LogP contribution in [0.1, 0.15) is 39.0 Å². The molecule has 12 nitrogen and oxygen atoms in total. The molecule has 3 N–H and O–H groups in total. The highest BCUT2D eigenvalue weighted by molar-refractivity contribution is 5.94. The highest BCUT2D eigenvalue weighted by Crippen LogP contribution is 2.29. The minimum absolute atomic E-state index is 0.0141. The fourth-order valence-electron chi connectivity index (χ4n) is 4.36. The van der Waals surface area contributed by atoms with Gasteiger partial charge in [-0.3, -0.25) is 9.36 Å². The number of amides is 3. The van der Waals surface area contributed by atoms with E-state index in [1.54, 1.807) is 11.1 Å². The molecule has 2 atom stereocenters. The lowest BCUT2D eigenvalue weighted by atomic mass is 9.92. The number of rotatable bonds is 9. The number of likely N-dealkylation sites (tertiary alicyclic amines) is 1. The maximum atomic E-state index is 12.7. The number of aromatic nitrogens is 3. The fourth-order valence-corrected chi connectivity index (χ4v) is 4.36. The van der Waals surface area contributed by atoms with Gasteiger partial charge in [-0.1, -0.05) is 6.92 Å². The topological polar surface area (TPSA) is 159 Å². The minimum Gasteiger partial charge on any atom is -0.450 e. The molecule has 1 saturated heterocycles. The van der Waals surface area contributed by atoms with Gasteiger partial charge in [0.15, 0.2) is 5.65 Å². The van der Waals surface area contributed by atoms with Crippen LogP contribution in [-0.2, 0) is 9.53 Å². The van der Waals surface area contributed by atoms with Crippen LogP contribution in [0.3, 0.4) is 0 Å². The molecule has 3 heterocycles. The van der Waals surface area contributed by atoms with Crippen molar-refractivity contribution in [1.29, 1.82) is 5.26 Å². The van der Waals surface area contributed by atoms with Gasteiger partial charge in [0.25, 0.3) is 0 Å². The molecule has 12 heteroatoms. The van der Waals surface area contributed by atoms with Crippen LogP contribution in [0.25, 0.3) is 11.0 Å². The second kappa shape index (κ2) is 12.0. The summed E-state index contributed by atoms with van der Waals surface area (Å²) in [6.45, 7) is 4.03. The number of piperidine rings is 1. The smallest absolute Gasteiger partial charge is 0.404 e. The predicted molar refractivity (Wildman–Crippen MR) is 128 cm³/mol. The number of primary amides is 1. The Labute approximate surface area is 204 Å². The quantitative estimate of drug-likeness (QED) is 0.510. The Balaban J connectivity index is 1.65. The number of anilines is 1. The first-order chi connectivity index (χ1) is 16.8. The molecule has 3 rings (SSSR count). The fraction of sp³-hybridized carbons (Fsp3) is 0.565. The maximum absolute atomic E-state index is 12.7. The number of nitrogens with two attached hydrogens (primary N) is 1. The van der Waals surface area contributed by atoms with E-state index in [1.165, 1.54) is 10.9 Å². The lowest BCUT2D eigenvalue weighted by Crippen LogP contribution is -2.52. The van der Waals surface area contributed by atoms with Crippen molar-refractivity contribution in [2.24, 2.45) is 11.7 Å². The summed E-state index contributed by atoms with van der Waals surface area (Å²) in [6, 6.07) is 3.47. The van der Waals surface area contributed by atoms with Crippen molar-refractivity contribution in [2.75, 3.05) is 38.2 Å². The largest absolute Gasteiger partial charge is 0.450 e. The van der Waals surface area contributed by atoms with Crippen LogP contribution in [0.4, 0.5) is 15.4 Å². The second-order valence-corrected chi connectivity index (χ2v) is 8.70. The molecule has 3 amide bonds. The summed E-state index contributed by atoms with van der Waals surface area (Å²) in [7, 11) is 1.93. The highest BCUT2D eigenvalue weighted by atomic mass is 16.5. The number of likely N-dealkylation sites (N-methyl/N-ethyl adjacent to an activating group) is 1. The van der Waals surface area contributed by atoms with Crippen LogP contribution in [0, 0.1) is 17.2 Å². The zero-order valence-electron chi connectivity index (χ0n) is 20.1. The number of ether oxygens (including phenoxy) is 1. The number of carbonyl (C=O) groups excluding carboxylic acids is 3. The van der Waals surface area contributed by atoms with Crippen molar-refractivity contribution >= 4 is 34.9 Å². The normalized spacial score (nSPS) is 17.6. The summed E-state index contributed by atoms with van der Waals surface area (Å²) >= 11 is 0. The van der Waals surface area contributed by atoms with E-state index < -0.39 is 6.09 Å². The first kappa shape index (κ1) is 25.7. The number of unbranched alkanes of at least 4 members (excludes halogenated alkanes) is 2. The molecule has 0 aromatic carbocycles. The summed E-state index contributed by atoms with van der Waals surface area (Å²) in [4.78, 5) is 48.1. The molecule has 2 aromatic heterocycles. The standard InChI is InChI=1S/C23H32N8O4/c1-16-7-11-30(19(32)6-9-24)14-18(16)29(2)20-17-8-12-31(21(17)28-15-27-20)23(34)26-10-4-3-5-13-35-22(25)33/h8,12,15-16,18H,3-7,10-11,13-14H2,1-2H3,(H2,25,33)(H,26,34)/t16-,18+/m1/s1. The van der Waals surface area contributed by atoms with Gasteiger partial charge in [0.2, 0.25) is 5.91 Å². The van der Waals surface area contributed by atoms with Gasteiger partial charge in [0.1, 0.15) is 18.6 Å². The Morgan fingerprint density at radius 3 is 2.86 bits per heavy atom. The van der Waals surface area contributed by atoms with Gasteiger partial charge in [0, 0.05) is 32.9 Å². The van der Waals surface area contributed by atoms with Crippen molar-refractivity contribution in [1.82, 2.24) is 24.8 Å². The molecule has 0 saturated carbocycles. The molecule has 1 aliphatic heterocycles. The van der Waals surface area contributed by atoms with Gasteiger partial charge in [-0.05, 0) is 37.7 Å². The van der Waals surface area contributed by atoms with Crippen LogP contribution >= 0.6 is 0 Å². The van der Waals surface area contributed by atoms with E-state index in [0.29, 0.717) is 43.4 Å². The number of nitrogens with zero attached hydrogens (tertiary/aromatic N) is 6. The Hall–Kier alpha value is -3.88. The van der Waals surface area contributed by atoms with E-state index in [2.05, 4.69) is 26.9 Å². The molecule has 0 bridgehead atoms. The average Bonchev–Trinajstić information content (AvgIpc) is 3.27. The Bertz CT molecular complexity index is 1090. The number of hydrogen-bond donors (Lipinski definition) is 2. The van der Waals surface area contributed by atoms with Crippen molar-refractivity contribution in [3.05, 3.63) is 18.6 Å². The number of nitriles is 1. The van der Waals surface area contributed by atoms with Gasteiger partial charge in [-0.25, -0.2) is 19.6 Å². The lowest BCUT2D eigenvalue weighted by Gasteiger charge is -2.42. The Kier molecular flexibility index (Phi) is 8.83. The molecule has 1 aliphatic rings. The molecular weight excluding hydrogens is 452 g/mol. The third-order valence-corrected chi connectivity index (χ3v) is 6.35. The molecule has 0 aliphatic carbocycles. The highest BCUT2D eigenvalue weighted by Gasteiger charge is 2.32. The molecule has 1 fully saturated rings. The zero-order chi connectivity index (χ0) is 25.4. The second-order valence-electron chi connectivity index (χ2n) is 8.70. The molecular formula is C23H32N8O4. The summed E-state index contributed by atoms with van der Waals surface area (Å²) in [5.74, 6) is 0.839. The van der Waals surface area contributed by atoms with Crippen molar-refractivity contribution in [3.63, 3.8) is 0 Å². The lowest BCUT2D eigenvalue weighted by molar-refractivity contribution is -0.131. The third kappa shape index (κ3) is 6.38. The first-order valence-electron chi connectivity index (χ1n) is 11.7. The van der Waals surface area contributed by atoms with Crippen LogP contribution < -0.4 is 16.0 Å². The van der Waals surface area contributed by atoms with Gasteiger partial charge >= 0.3 is 12.1 Å². The van der Waals surface area contributed by atoms with E-state index in [1.807, 2.05) is 24.1 Å². The molecule has 35 heavy (non-hydrogen) atoms. The van der Waals surface area contributed by atoms with E-state index in [9.17, 15) is 14.4 Å². The summed E-state index contributed by atoms with van der Waals surface area (Å²) < 4.78 is 6.14. The maximum Gasteiger partial charge on any atom is 0.404 e. The number of hydrogen-bond acceptors (Lipinski definition) is 8. The minimum atomic E-state index is -0.785. The predicted octanol–water partition coefficient (Wildman–Crippen LogP) is 1.84. The molecule has 0 spiro atoms. The molecule has 188 valence electrons.